The molecule has 1 aromatic carbocycles. The first-order valence-corrected chi connectivity index (χ1v) is 7.33. The maximum atomic E-state index is 12.7. The summed E-state index contributed by atoms with van der Waals surface area (Å²) >= 11 is 2.78. The van der Waals surface area contributed by atoms with Crippen LogP contribution in [0.3, 0.4) is 0 Å². The first kappa shape index (κ1) is 13.7. The van der Waals surface area contributed by atoms with Gasteiger partial charge < -0.3 is 0 Å². The first-order chi connectivity index (χ1) is 9.17. The standard InChI is InChI=1S/C12H10FN3OS2/c1-18-12-16-15-11(19-12)14-10(17)7-4-8-2-5-9(13)6-3-8/h2-7H,1H3,(H,14,15,17)/b7-4+. The Morgan fingerprint density at radius 2 is 2.11 bits per heavy atom. The number of amides is 1. The van der Waals surface area contributed by atoms with E-state index in [4.69, 9.17) is 0 Å². The van der Waals surface area contributed by atoms with Gasteiger partial charge >= 0.3 is 0 Å². The number of nitrogens with one attached hydrogen (secondary N) is 1. The van der Waals surface area contributed by atoms with Gasteiger partial charge in [-0.25, -0.2) is 4.39 Å². The Balaban J connectivity index is 1.95. The number of carbonyl (C=O) groups is 1. The van der Waals surface area contributed by atoms with Crippen LogP contribution in [-0.4, -0.2) is 22.4 Å². The lowest BCUT2D eigenvalue weighted by atomic mass is 10.2. The van der Waals surface area contributed by atoms with E-state index in [-0.39, 0.29) is 11.7 Å². The molecule has 98 valence electrons. The normalized spacial score (nSPS) is 10.8. The summed E-state index contributed by atoms with van der Waals surface area (Å²) in [5.74, 6) is -0.604. The fourth-order valence-electron chi connectivity index (χ4n) is 1.24. The number of aromatic nitrogens is 2. The van der Waals surface area contributed by atoms with Crippen molar-refractivity contribution in [3.05, 3.63) is 41.7 Å². The smallest absolute Gasteiger partial charge is 0.250 e. The zero-order valence-corrected chi connectivity index (χ0v) is 11.6. The molecule has 0 fully saturated rings. The molecule has 0 aliphatic heterocycles. The van der Waals surface area contributed by atoms with Gasteiger partial charge in [0.15, 0.2) is 4.34 Å². The third kappa shape index (κ3) is 4.15. The predicted octanol–water partition coefficient (Wildman–Crippen LogP) is 3.05. The molecular formula is C12H10FN3OS2. The van der Waals surface area contributed by atoms with Crippen molar-refractivity contribution in [3.8, 4) is 0 Å². The molecule has 0 bridgehead atoms. The van der Waals surface area contributed by atoms with Crippen LogP contribution in [0.1, 0.15) is 5.56 Å². The summed E-state index contributed by atoms with van der Waals surface area (Å²) in [5.41, 5.74) is 0.749. The number of rotatable bonds is 4. The summed E-state index contributed by atoms with van der Waals surface area (Å²) in [6.45, 7) is 0. The minimum absolute atomic E-state index is 0.298. The Hall–Kier alpha value is -1.73. The van der Waals surface area contributed by atoms with Crippen LogP contribution in [0.25, 0.3) is 6.08 Å². The van der Waals surface area contributed by atoms with Gasteiger partial charge in [-0.05, 0) is 30.0 Å². The second-order valence-corrected chi connectivity index (χ2v) is 5.48. The molecule has 0 aliphatic rings. The van der Waals surface area contributed by atoms with Crippen LogP contribution in [0.15, 0.2) is 34.7 Å². The number of hydrogen-bond donors (Lipinski definition) is 1. The van der Waals surface area contributed by atoms with Crippen LogP contribution in [0.2, 0.25) is 0 Å². The number of halogens is 1. The molecule has 1 heterocycles. The summed E-state index contributed by atoms with van der Waals surface area (Å²) in [5, 5.41) is 10.8. The van der Waals surface area contributed by atoms with Crippen LogP contribution in [-0.2, 0) is 4.79 Å². The lowest BCUT2D eigenvalue weighted by Gasteiger charge is -1.95. The van der Waals surface area contributed by atoms with E-state index in [1.807, 2.05) is 6.26 Å². The SMILES string of the molecule is CSc1nnc(NC(=O)/C=C/c2ccc(F)cc2)s1. The molecule has 0 radical (unpaired) electrons. The molecule has 1 amide bonds. The van der Waals surface area contributed by atoms with Crippen molar-refractivity contribution < 1.29 is 9.18 Å². The van der Waals surface area contributed by atoms with Crippen molar-refractivity contribution in [2.24, 2.45) is 0 Å². The molecule has 0 unspecified atom stereocenters. The highest BCUT2D eigenvalue weighted by atomic mass is 32.2. The van der Waals surface area contributed by atoms with E-state index in [0.29, 0.717) is 5.13 Å². The van der Waals surface area contributed by atoms with Crippen LogP contribution >= 0.6 is 23.1 Å². The summed E-state index contributed by atoms with van der Waals surface area (Å²) in [7, 11) is 0. The maximum absolute atomic E-state index is 12.7. The topological polar surface area (TPSA) is 54.9 Å². The van der Waals surface area contributed by atoms with E-state index < -0.39 is 0 Å². The second kappa shape index (κ2) is 6.44. The Morgan fingerprint density at radius 3 is 2.74 bits per heavy atom. The largest absolute Gasteiger partial charge is 0.297 e. The van der Waals surface area contributed by atoms with Crippen LogP contribution in [0, 0.1) is 5.82 Å². The number of hydrogen-bond acceptors (Lipinski definition) is 5. The van der Waals surface area contributed by atoms with Crippen molar-refractivity contribution in [3.63, 3.8) is 0 Å². The summed E-state index contributed by atoms with van der Waals surface area (Å²) in [4.78, 5) is 11.6. The molecule has 2 aromatic rings. The highest BCUT2D eigenvalue weighted by Crippen LogP contribution is 2.22. The van der Waals surface area contributed by atoms with Crippen LogP contribution in [0.4, 0.5) is 9.52 Å². The third-order valence-corrected chi connectivity index (χ3v) is 3.92. The molecule has 2 rings (SSSR count). The van der Waals surface area contributed by atoms with E-state index in [1.54, 1.807) is 18.2 Å². The first-order valence-electron chi connectivity index (χ1n) is 5.29. The molecule has 1 aromatic heterocycles. The van der Waals surface area contributed by atoms with Gasteiger partial charge in [-0.3, -0.25) is 10.1 Å². The lowest BCUT2D eigenvalue weighted by molar-refractivity contribution is -0.111. The van der Waals surface area contributed by atoms with Crippen molar-refractivity contribution in [2.45, 2.75) is 4.34 Å². The summed E-state index contributed by atoms with van der Waals surface area (Å²) < 4.78 is 13.5. The Kier molecular flexibility index (Phi) is 4.64. The van der Waals surface area contributed by atoms with Gasteiger partial charge in [0, 0.05) is 6.08 Å². The van der Waals surface area contributed by atoms with Gasteiger partial charge in [0.05, 0.1) is 0 Å². The quantitative estimate of drug-likeness (QED) is 0.535. The monoisotopic (exact) mass is 295 g/mol. The minimum Gasteiger partial charge on any atom is -0.297 e. The number of benzene rings is 1. The molecule has 1 N–H and O–H groups in total. The molecule has 0 saturated carbocycles. The fourth-order valence-corrected chi connectivity index (χ4v) is 2.41. The summed E-state index contributed by atoms with van der Waals surface area (Å²) in [6, 6.07) is 5.87. The van der Waals surface area contributed by atoms with Gasteiger partial charge in [-0.2, -0.15) is 0 Å². The minimum atomic E-state index is -0.306. The molecule has 4 nitrogen and oxygen atoms in total. The molecule has 19 heavy (non-hydrogen) atoms. The highest BCUT2D eigenvalue weighted by Gasteiger charge is 2.04. The van der Waals surface area contributed by atoms with Crippen LogP contribution in [0.5, 0.6) is 0 Å². The van der Waals surface area contributed by atoms with Gasteiger partial charge in [0.25, 0.3) is 0 Å². The molecule has 0 aliphatic carbocycles. The number of anilines is 1. The van der Waals surface area contributed by atoms with Gasteiger partial charge in [-0.1, -0.05) is 35.2 Å². The van der Waals surface area contributed by atoms with Crippen molar-refractivity contribution in [1.82, 2.24) is 10.2 Å². The van der Waals surface area contributed by atoms with Gasteiger partial charge in [0.2, 0.25) is 11.0 Å². The molecule has 0 atom stereocenters. The molecule has 0 spiro atoms. The van der Waals surface area contributed by atoms with E-state index in [1.165, 1.54) is 41.3 Å². The maximum Gasteiger partial charge on any atom is 0.250 e. The van der Waals surface area contributed by atoms with Crippen LogP contribution < -0.4 is 5.32 Å². The number of carbonyl (C=O) groups excluding carboxylic acids is 1. The van der Waals surface area contributed by atoms with Gasteiger partial charge in [-0.15, -0.1) is 10.2 Å². The van der Waals surface area contributed by atoms with Crippen molar-refractivity contribution in [1.29, 1.82) is 0 Å². The second-order valence-electron chi connectivity index (χ2n) is 3.45. The summed E-state index contributed by atoms with van der Waals surface area (Å²) in [6.07, 6.45) is 4.86. The van der Waals surface area contributed by atoms with Gasteiger partial charge in [0.1, 0.15) is 5.82 Å². The zero-order valence-electron chi connectivity index (χ0n) is 9.96. The fraction of sp³-hybridized carbons (Fsp3) is 0.0833. The average Bonchev–Trinajstić information content (AvgIpc) is 2.86. The molecule has 0 saturated heterocycles. The average molecular weight is 295 g/mol. The van der Waals surface area contributed by atoms with E-state index in [9.17, 15) is 9.18 Å². The number of nitrogens with zero attached hydrogens (tertiary/aromatic N) is 2. The zero-order chi connectivity index (χ0) is 13.7. The number of thioether (sulfide) groups is 1. The van der Waals surface area contributed by atoms with Crippen molar-refractivity contribution >= 4 is 40.2 Å². The third-order valence-electron chi connectivity index (χ3n) is 2.11. The predicted molar refractivity (Wildman–Crippen MR) is 75.8 cm³/mol. The molecule has 7 heteroatoms. The van der Waals surface area contributed by atoms with Crippen molar-refractivity contribution in [2.75, 3.05) is 11.6 Å². The Labute approximate surface area is 117 Å². The van der Waals surface area contributed by atoms with E-state index in [0.717, 1.165) is 9.90 Å². The Morgan fingerprint density at radius 1 is 1.37 bits per heavy atom. The van der Waals surface area contributed by atoms with E-state index in [2.05, 4.69) is 15.5 Å². The Bertz CT molecular complexity index is 595. The molecular weight excluding hydrogens is 285 g/mol. The highest BCUT2D eigenvalue weighted by molar-refractivity contribution is 8.00. The lowest BCUT2D eigenvalue weighted by Crippen LogP contribution is -2.07. The van der Waals surface area contributed by atoms with E-state index >= 15 is 0 Å².